The van der Waals surface area contributed by atoms with Gasteiger partial charge in [-0.2, -0.15) is 13.2 Å². The summed E-state index contributed by atoms with van der Waals surface area (Å²) in [6.45, 7) is 0. The van der Waals surface area contributed by atoms with Gasteiger partial charge < -0.3 is 10.5 Å². The van der Waals surface area contributed by atoms with Crippen molar-refractivity contribution in [1.82, 2.24) is 0 Å². The third-order valence-corrected chi connectivity index (χ3v) is 2.06. The van der Waals surface area contributed by atoms with E-state index in [0.29, 0.717) is 0 Å². The molecule has 2 nitrogen and oxygen atoms in total. The normalized spacial score (nSPS) is 13.7. The molecule has 0 bridgehead atoms. The lowest BCUT2D eigenvalue weighted by atomic mass is 10.1. The van der Waals surface area contributed by atoms with Gasteiger partial charge in [0.05, 0.1) is 7.11 Å². The Hall–Kier alpha value is -0.940. The van der Waals surface area contributed by atoms with Crippen molar-refractivity contribution in [1.29, 1.82) is 0 Å². The summed E-state index contributed by atoms with van der Waals surface area (Å²) in [6, 6.07) is 1.74. The van der Waals surface area contributed by atoms with E-state index in [0.717, 1.165) is 0 Å². The largest absolute Gasteiger partial charge is 0.497 e. The Labute approximate surface area is 89.8 Å². The molecule has 1 aromatic rings. The Morgan fingerprint density at radius 2 is 1.93 bits per heavy atom. The van der Waals surface area contributed by atoms with Crippen molar-refractivity contribution in [2.45, 2.75) is 12.2 Å². The molecule has 0 fully saturated rings. The molecular formula is C9H9ClF3NO. The molecule has 0 radical (unpaired) electrons. The van der Waals surface area contributed by atoms with Crippen LogP contribution in [-0.4, -0.2) is 13.3 Å². The summed E-state index contributed by atoms with van der Waals surface area (Å²) < 4.78 is 41.7. The average Bonchev–Trinajstić information content (AvgIpc) is 2.14. The van der Waals surface area contributed by atoms with E-state index in [1.807, 2.05) is 0 Å². The van der Waals surface area contributed by atoms with Gasteiger partial charge in [0.2, 0.25) is 0 Å². The Bertz CT molecular complexity index is 354. The van der Waals surface area contributed by atoms with Crippen LogP contribution in [0, 0.1) is 0 Å². The van der Waals surface area contributed by atoms with Gasteiger partial charge in [-0.3, -0.25) is 0 Å². The minimum absolute atomic E-state index is 0.119. The topological polar surface area (TPSA) is 35.2 Å². The molecule has 0 aliphatic rings. The van der Waals surface area contributed by atoms with Crippen LogP contribution in [-0.2, 0) is 0 Å². The average molecular weight is 240 g/mol. The lowest BCUT2D eigenvalue weighted by molar-refractivity contribution is -0.149. The van der Waals surface area contributed by atoms with Crippen molar-refractivity contribution in [3.8, 4) is 5.75 Å². The molecule has 0 heterocycles. The van der Waals surface area contributed by atoms with Crippen molar-refractivity contribution in [3.05, 3.63) is 28.8 Å². The number of hydrogen-bond acceptors (Lipinski definition) is 2. The van der Waals surface area contributed by atoms with Gasteiger partial charge in [0.15, 0.2) is 0 Å². The standard InChI is InChI=1S/C9H9ClF3NO/c1-15-7-3-5(2-6(10)4-7)8(14)9(11,12)13/h2-4,8H,14H2,1H3/t8-/m1/s1. The number of methoxy groups -OCH3 is 1. The minimum Gasteiger partial charge on any atom is -0.497 e. The Morgan fingerprint density at radius 1 is 1.33 bits per heavy atom. The Balaban J connectivity index is 3.09. The van der Waals surface area contributed by atoms with Crippen molar-refractivity contribution in [3.63, 3.8) is 0 Å². The smallest absolute Gasteiger partial charge is 0.407 e. The van der Waals surface area contributed by atoms with Gasteiger partial charge in [-0.25, -0.2) is 0 Å². The first kappa shape index (κ1) is 12.1. The highest BCUT2D eigenvalue weighted by atomic mass is 35.5. The van der Waals surface area contributed by atoms with Gasteiger partial charge in [0.1, 0.15) is 11.8 Å². The van der Waals surface area contributed by atoms with Gasteiger partial charge >= 0.3 is 6.18 Å². The van der Waals surface area contributed by atoms with Gasteiger partial charge in [-0.1, -0.05) is 11.6 Å². The van der Waals surface area contributed by atoms with Crippen molar-refractivity contribution < 1.29 is 17.9 Å². The molecule has 15 heavy (non-hydrogen) atoms. The third-order valence-electron chi connectivity index (χ3n) is 1.84. The van der Waals surface area contributed by atoms with Crippen LogP contribution in [0.15, 0.2) is 18.2 Å². The summed E-state index contributed by atoms with van der Waals surface area (Å²) in [5, 5.41) is 0.157. The molecule has 0 unspecified atom stereocenters. The monoisotopic (exact) mass is 239 g/mol. The van der Waals surface area contributed by atoms with E-state index >= 15 is 0 Å². The van der Waals surface area contributed by atoms with Crippen molar-refractivity contribution in [2.75, 3.05) is 7.11 Å². The second kappa shape index (κ2) is 4.28. The van der Waals surface area contributed by atoms with Gasteiger partial charge in [0, 0.05) is 5.02 Å². The van der Waals surface area contributed by atoms with Crippen LogP contribution >= 0.6 is 11.6 Å². The number of halogens is 4. The first-order chi connectivity index (χ1) is 6.84. The molecular weight excluding hydrogens is 231 g/mol. The molecule has 0 aliphatic carbocycles. The molecule has 1 atom stereocenters. The molecule has 0 aromatic heterocycles. The van der Waals surface area contributed by atoms with Crippen molar-refractivity contribution in [2.24, 2.45) is 5.73 Å². The predicted molar refractivity (Wildman–Crippen MR) is 51.0 cm³/mol. The summed E-state index contributed by atoms with van der Waals surface area (Å²) >= 11 is 5.62. The van der Waals surface area contributed by atoms with E-state index in [-0.39, 0.29) is 16.3 Å². The predicted octanol–water partition coefficient (Wildman–Crippen LogP) is 2.91. The fourth-order valence-electron chi connectivity index (χ4n) is 1.07. The van der Waals surface area contributed by atoms with Crippen LogP contribution < -0.4 is 10.5 Å². The van der Waals surface area contributed by atoms with Crippen molar-refractivity contribution >= 4 is 11.6 Å². The van der Waals surface area contributed by atoms with E-state index in [9.17, 15) is 13.2 Å². The number of ether oxygens (including phenoxy) is 1. The first-order valence-electron chi connectivity index (χ1n) is 4.01. The second-order valence-electron chi connectivity index (χ2n) is 2.94. The molecule has 84 valence electrons. The highest BCUT2D eigenvalue weighted by Gasteiger charge is 2.38. The summed E-state index contributed by atoms with van der Waals surface area (Å²) in [4.78, 5) is 0. The van der Waals surface area contributed by atoms with Crippen LogP contribution in [0.5, 0.6) is 5.75 Å². The van der Waals surface area contributed by atoms with E-state index in [4.69, 9.17) is 22.1 Å². The zero-order chi connectivity index (χ0) is 11.6. The molecule has 0 saturated heterocycles. The number of alkyl halides is 3. The van der Waals surface area contributed by atoms with Crippen LogP contribution in [0.4, 0.5) is 13.2 Å². The van der Waals surface area contributed by atoms with E-state index in [1.165, 1.54) is 25.3 Å². The zero-order valence-electron chi connectivity index (χ0n) is 7.81. The third kappa shape index (κ3) is 3.00. The number of hydrogen-bond donors (Lipinski definition) is 1. The second-order valence-corrected chi connectivity index (χ2v) is 3.38. The summed E-state index contributed by atoms with van der Waals surface area (Å²) in [6.07, 6.45) is -4.49. The summed E-state index contributed by atoms with van der Waals surface area (Å²) in [5.41, 5.74) is 4.91. The maximum Gasteiger partial charge on any atom is 0.407 e. The molecule has 2 N–H and O–H groups in total. The Kier molecular flexibility index (Phi) is 3.46. The number of nitrogens with two attached hydrogens (primary N) is 1. The molecule has 1 aromatic carbocycles. The van der Waals surface area contributed by atoms with Gasteiger partial charge in [-0.05, 0) is 23.8 Å². The van der Waals surface area contributed by atoms with Crippen LogP contribution in [0.2, 0.25) is 5.02 Å². The van der Waals surface area contributed by atoms with Crippen LogP contribution in [0.1, 0.15) is 11.6 Å². The van der Waals surface area contributed by atoms with Gasteiger partial charge in [0.25, 0.3) is 0 Å². The fraction of sp³-hybridized carbons (Fsp3) is 0.333. The molecule has 0 spiro atoms. The Morgan fingerprint density at radius 3 is 2.40 bits per heavy atom. The van der Waals surface area contributed by atoms with E-state index < -0.39 is 12.2 Å². The maximum absolute atomic E-state index is 12.3. The van der Waals surface area contributed by atoms with Crippen LogP contribution in [0.25, 0.3) is 0 Å². The highest BCUT2D eigenvalue weighted by molar-refractivity contribution is 6.30. The van der Waals surface area contributed by atoms with Crippen LogP contribution in [0.3, 0.4) is 0 Å². The summed E-state index contributed by atoms with van der Waals surface area (Å²) in [7, 11) is 1.34. The SMILES string of the molecule is COc1cc(Cl)cc([C@@H](N)C(F)(F)F)c1. The summed E-state index contributed by atoms with van der Waals surface area (Å²) in [5.74, 6) is 0.247. The number of benzene rings is 1. The first-order valence-corrected chi connectivity index (χ1v) is 4.39. The lowest BCUT2D eigenvalue weighted by Gasteiger charge is -2.16. The fourth-order valence-corrected chi connectivity index (χ4v) is 1.30. The quantitative estimate of drug-likeness (QED) is 0.861. The minimum atomic E-state index is -4.49. The molecule has 0 aliphatic heterocycles. The molecule has 0 saturated carbocycles. The number of rotatable bonds is 2. The van der Waals surface area contributed by atoms with Gasteiger partial charge in [-0.15, -0.1) is 0 Å². The maximum atomic E-state index is 12.3. The molecule has 6 heteroatoms. The lowest BCUT2D eigenvalue weighted by Crippen LogP contribution is -2.28. The molecule has 1 rings (SSSR count). The zero-order valence-corrected chi connectivity index (χ0v) is 8.56. The molecule has 0 amide bonds. The van der Waals surface area contributed by atoms with E-state index in [2.05, 4.69) is 0 Å². The highest BCUT2D eigenvalue weighted by Crippen LogP contribution is 2.33. The van der Waals surface area contributed by atoms with E-state index in [1.54, 1.807) is 0 Å².